The van der Waals surface area contributed by atoms with Crippen molar-refractivity contribution in [2.75, 3.05) is 26.7 Å². The van der Waals surface area contributed by atoms with Crippen LogP contribution in [0.15, 0.2) is 10.7 Å². The van der Waals surface area contributed by atoms with Crippen LogP contribution in [-0.4, -0.2) is 47.5 Å². The van der Waals surface area contributed by atoms with E-state index in [1.807, 2.05) is 4.90 Å². The van der Waals surface area contributed by atoms with Crippen LogP contribution in [0.25, 0.3) is 0 Å². The van der Waals surface area contributed by atoms with E-state index in [4.69, 9.17) is 4.52 Å². The zero-order valence-electron chi connectivity index (χ0n) is 10.8. The number of carbonyl (C=O) groups is 1. The van der Waals surface area contributed by atoms with Gasteiger partial charge in [0.1, 0.15) is 5.76 Å². The lowest BCUT2D eigenvalue weighted by atomic mass is 9.94. The van der Waals surface area contributed by atoms with E-state index < -0.39 is 0 Å². The van der Waals surface area contributed by atoms with Gasteiger partial charge in [-0.25, -0.2) is 0 Å². The van der Waals surface area contributed by atoms with Crippen molar-refractivity contribution in [3.05, 3.63) is 17.5 Å². The highest BCUT2D eigenvalue weighted by atomic mass is 16.5. The van der Waals surface area contributed by atoms with E-state index in [1.165, 1.54) is 0 Å². The number of hydrogen-bond acceptors (Lipinski definition) is 4. The van der Waals surface area contributed by atoms with Gasteiger partial charge in [0, 0.05) is 24.4 Å². The molecule has 0 bridgehead atoms. The Morgan fingerprint density at radius 1 is 1.39 bits per heavy atom. The zero-order chi connectivity index (χ0) is 12.5. The lowest BCUT2D eigenvalue weighted by Gasteiger charge is -2.33. The molecule has 1 fully saturated rings. The third-order valence-electron chi connectivity index (χ3n) is 4.08. The van der Waals surface area contributed by atoms with Gasteiger partial charge in [-0.3, -0.25) is 4.79 Å². The van der Waals surface area contributed by atoms with Gasteiger partial charge in [-0.15, -0.1) is 0 Å². The van der Waals surface area contributed by atoms with Crippen LogP contribution in [-0.2, 0) is 17.8 Å². The lowest BCUT2D eigenvalue weighted by Crippen LogP contribution is -2.43. The Kier molecular flexibility index (Phi) is 3.07. The number of aromatic nitrogens is 1. The molecule has 2 aliphatic rings. The quantitative estimate of drug-likeness (QED) is 0.742. The molecule has 18 heavy (non-hydrogen) atoms. The summed E-state index contributed by atoms with van der Waals surface area (Å²) in [4.78, 5) is 16.7. The van der Waals surface area contributed by atoms with Crippen molar-refractivity contribution < 1.29 is 9.32 Å². The maximum Gasteiger partial charge on any atom is 0.226 e. The first-order valence-electron chi connectivity index (χ1n) is 6.64. The molecule has 2 aliphatic heterocycles. The molecule has 0 unspecified atom stereocenters. The molecule has 0 radical (unpaired) electrons. The van der Waals surface area contributed by atoms with Gasteiger partial charge in [-0.2, -0.15) is 0 Å². The molecule has 1 aromatic rings. The Bertz CT molecular complexity index is 435. The Labute approximate surface area is 107 Å². The summed E-state index contributed by atoms with van der Waals surface area (Å²) >= 11 is 0. The van der Waals surface area contributed by atoms with Gasteiger partial charge in [0.05, 0.1) is 12.7 Å². The second kappa shape index (κ2) is 4.72. The van der Waals surface area contributed by atoms with Gasteiger partial charge in [0.25, 0.3) is 0 Å². The second-order valence-electron chi connectivity index (χ2n) is 5.36. The van der Waals surface area contributed by atoms with Crippen LogP contribution in [0, 0.1) is 5.92 Å². The molecule has 3 rings (SSSR count). The Hall–Kier alpha value is -1.36. The molecule has 5 nitrogen and oxygen atoms in total. The summed E-state index contributed by atoms with van der Waals surface area (Å²) in [5, 5.41) is 3.80. The van der Waals surface area contributed by atoms with Crippen LogP contribution in [0.4, 0.5) is 0 Å². The fourth-order valence-corrected chi connectivity index (χ4v) is 2.84. The topological polar surface area (TPSA) is 49.6 Å². The molecule has 0 aliphatic carbocycles. The maximum atomic E-state index is 12.4. The van der Waals surface area contributed by atoms with Crippen molar-refractivity contribution in [1.82, 2.24) is 15.0 Å². The van der Waals surface area contributed by atoms with E-state index in [9.17, 15) is 4.79 Å². The highest BCUT2D eigenvalue weighted by Crippen LogP contribution is 2.23. The van der Waals surface area contributed by atoms with Crippen molar-refractivity contribution in [1.29, 1.82) is 0 Å². The summed E-state index contributed by atoms with van der Waals surface area (Å²) in [7, 11) is 2.12. The molecule has 0 atom stereocenters. The minimum Gasteiger partial charge on any atom is -0.361 e. The number of carbonyl (C=O) groups excluding carboxylic acids is 1. The van der Waals surface area contributed by atoms with Gasteiger partial charge < -0.3 is 14.3 Å². The fourth-order valence-electron chi connectivity index (χ4n) is 2.84. The molecule has 1 aromatic heterocycles. The van der Waals surface area contributed by atoms with Crippen molar-refractivity contribution in [2.45, 2.75) is 25.8 Å². The van der Waals surface area contributed by atoms with Crippen molar-refractivity contribution in [2.24, 2.45) is 5.92 Å². The first-order chi connectivity index (χ1) is 8.74. The second-order valence-corrected chi connectivity index (χ2v) is 5.36. The molecule has 0 spiro atoms. The molecule has 0 saturated carbocycles. The maximum absolute atomic E-state index is 12.4. The molecular weight excluding hydrogens is 230 g/mol. The van der Waals surface area contributed by atoms with Gasteiger partial charge in [-0.05, 0) is 33.0 Å². The number of fused-ring (bicyclic) bond motifs is 1. The summed E-state index contributed by atoms with van der Waals surface area (Å²) in [5.41, 5.74) is 1.07. The van der Waals surface area contributed by atoms with Crippen LogP contribution in [0.1, 0.15) is 24.2 Å². The normalized spacial score (nSPS) is 21.9. The highest BCUT2D eigenvalue weighted by Gasteiger charge is 2.30. The van der Waals surface area contributed by atoms with E-state index in [2.05, 4.69) is 17.1 Å². The van der Waals surface area contributed by atoms with Crippen LogP contribution in [0.5, 0.6) is 0 Å². The van der Waals surface area contributed by atoms with Crippen LogP contribution in [0.2, 0.25) is 0 Å². The van der Waals surface area contributed by atoms with E-state index in [-0.39, 0.29) is 5.92 Å². The average molecular weight is 249 g/mol. The SMILES string of the molecule is CN1CCC(C(=O)N2CCc3oncc3C2)CC1. The van der Waals surface area contributed by atoms with E-state index in [1.54, 1.807) is 6.20 Å². The number of hydrogen-bond donors (Lipinski definition) is 0. The van der Waals surface area contributed by atoms with Crippen molar-refractivity contribution in [3.63, 3.8) is 0 Å². The average Bonchev–Trinajstić information content (AvgIpc) is 2.86. The van der Waals surface area contributed by atoms with Gasteiger partial charge in [0.15, 0.2) is 0 Å². The first kappa shape index (κ1) is 11.7. The van der Waals surface area contributed by atoms with Crippen LogP contribution in [0.3, 0.4) is 0 Å². The summed E-state index contributed by atoms with van der Waals surface area (Å²) in [6.07, 6.45) is 4.52. The summed E-state index contributed by atoms with van der Waals surface area (Å²) in [5.74, 6) is 1.47. The Balaban J connectivity index is 1.64. The predicted octanol–water partition coefficient (Wildman–Crippen LogP) is 0.901. The first-order valence-corrected chi connectivity index (χ1v) is 6.64. The third kappa shape index (κ3) is 2.14. The third-order valence-corrected chi connectivity index (χ3v) is 4.08. The summed E-state index contributed by atoms with van der Waals surface area (Å²) in [6, 6.07) is 0. The minimum atomic E-state index is 0.211. The van der Waals surface area contributed by atoms with Gasteiger partial charge in [0.2, 0.25) is 5.91 Å². The molecule has 98 valence electrons. The van der Waals surface area contributed by atoms with Crippen molar-refractivity contribution >= 4 is 5.91 Å². The Morgan fingerprint density at radius 2 is 2.17 bits per heavy atom. The smallest absolute Gasteiger partial charge is 0.226 e. The van der Waals surface area contributed by atoms with Gasteiger partial charge in [-0.1, -0.05) is 5.16 Å². The monoisotopic (exact) mass is 249 g/mol. The molecule has 3 heterocycles. The van der Waals surface area contributed by atoms with Crippen LogP contribution < -0.4 is 0 Å². The minimum absolute atomic E-state index is 0.211. The highest BCUT2D eigenvalue weighted by molar-refractivity contribution is 5.79. The molecular formula is C13H19N3O2. The summed E-state index contributed by atoms with van der Waals surface area (Å²) < 4.78 is 5.15. The molecule has 0 N–H and O–H groups in total. The van der Waals surface area contributed by atoms with E-state index >= 15 is 0 Å². The van der Waals surface area contributed by atoms with E-state index in [0.717, 1.165) is 50.2 Å². The molecule has 0 aromatic carbocycles. The lowest BCUT2D eigenvalue weighted by molar-refractivity contribution is -0.138. The van der Waals surface area contributed by atoms with Crippen molar-refractivity contribution in [3.8, 4) is 0 Å². The number of likely N-dealkylation sites (tertiary alicyclic amines) is 1. The van der Waals surface area contributed by atoms with Gasteiger partial charge >= 0.3 is 0 Å². The largest absolute Gasteiger partial charge is 0.361 e. The molecule has 1 amide bonds. The Morgan fingerprint density at radius 3 is 2.94 bits per heavy atom. The van der Waals surface area contributed by atoms with Crippen LogP contribution >= 0.6 is 0 Å². The number of piperidine rings is 1. The number of nitrogens with zero attached hydrogens (tertiary/aromatic N) is 3. The zero-order valence-corrected chi connectivity index (χ0v) is 10.8. The predicted molar refractivity (Wildman–Crippen MR) is 65.8 cm³/mol. The number of rotatable bonds is 1. The molecule has 5 heteroatoms. The fraction of sp³-hybridized carbons (Fsp3) is 0.692. The number of amides is 1. The molecule has 1 saturated heterocycles. The van der Waals surface area contributed by atoms with E-state index in [0.29, 0.717) is 12.5 Å². The standard InChI is InChI=1S/C13H19N3O2/c1-15-5-2-10(3-6-15)13(17)16-7-4-12-11(9-16)8-14-18-12/h8,10H,2-7,9H2,1H3. The summed E-state index contributed by atoms with van der Waals surface area (Å²) in [6.45, 7) is 3.50.